The van der Waals surface area contributed by atoms with Crippen LogP contribution in [0.2, 0.25) is 5.02 Å². The molecule has 1 N–H and O–H groups in total. The van der Waals surface area contributed by atoms with Gasteiger partial charge < -0.3 is 5.32 Å². The summed E-state index contributed by atoms with van der Waals surface area (Å²) in [6.07, 6.45) is 0. The van der Waals surface area contributed by atoms with Crippen LogP contribution in [-0.4, -0.2) is 5.91 Å². The number of benzene rings is 2. The first-order valence-electron chi connectivity index (χ1n) is 5.19. The minimum absolute atomic E-state index is 0.0226. The average Bonchev–Trinajstić information content (AvgIpc) is 2.35. The fourth-order valence-electron chi connectivity index (χ4n) is 1.45. The molecule has 6 heteroatoms. The first-order chi connectivity index (χ1) is 8.97. The van der Waals surface area contributed by atoms with Crippen molar-refractivity contribution in [1.29, 1.82) is 0 Å². The summed E-state index contributed by atoms with van der Waals surface area (Å²) < 4.78 is 27.0. The van der Waals surface area contributed by atoms with Gasteiger partial charge in [-0.05, 0) is 52.3 Å². The first-order valence-corrected chi connectivity index (χ1v) is 6.36. The van der Waals surface area contributed by atoms with E-state index in [1.807, 2.05) is 0 Å². The monoisotopic (exact) mass is 345 g/mol. The van der Waals surface area contributed by atoms with E-state index in [-0.39, 0.29) is 16.3 Å². The molecule has 2 rings (SSSR count). The highest BCUT2D eigenvalue weighted by Crippen LogP contribution is 2.22. The quantitative estimate of drug-likeness (QED) is 0.844. The van der Waals surface area contributed by atoms with E-state index in [1.54, 1.807) is 0 Å². The van der Waals surface area contributed by atoms with E-state index in [4.69, 9.17) is 11.6 Å². The Morgan fingerprint density at radius 1 is 1.16 bits per heavy atom. The van der Waals surface area contributed by atoms with Crippen LogP contribution in [0.15, 0.2) is 40.9 Å². The van der Waals surface area contributed by atoms with Gasteiger partial charge in [0.25, 0.3) is 5.91 Å². The lowest BCUT2D eigenvalue weighted by Crippen LogP contribution is -2.14. The van der Waals surface area contributed by atoms with Gasteiger partial charge in [-0.1, -0.05) is 11.6 Å². The van der Waals surface area contributed by atoms with E-state index < -0.39 is 17.5 Å². The molecule has 98 valence electrons. The molecule has 2 aromatic carbocycles. The Morgan fingerprint density at radius 3 is 2.58 bits per heavy atom. The number of hydrogen-bond donors (Lipinski definition) is 1. The van der Waals surface area contributed by atoms with Crippen LogP contribution in [0.3, 0.4) is 0 Å². The third-order valence-corrected chi connectivity index (χ3v) is 3.28. The van der Waals surface area contributed by atoms with Crippen LogP contribution in [0.5, 0.6) is 0 Å². The van der Waals surface area contributed by atoms with Crippen molar-refractivity contribution in [2.45, 2.75) is 0 Å². The number of halogens is 4. The van der Waals surface area contributed by atoms with Crippen molar-refractivity contribution < 1.29 is 13.6 Å². The van der Waals surface area contributed by atoms with Crippen LogP contribution in [0, 0.1) is 11.6 Å². The van der Waals surface area contributed by atoms with Crippen LogP contribution in [0.4, 0.5) is 14.5 Å². The molecule has 2 nitrogen and oxygen atoms in total. The Hall–Kier alpha value is -1.46. The van der Waals surface area contributed by atoms with Gasteiger partial charge in [0.05, 0.1) is 11.3 Å². The molecule has 0 spiro atoms. The average molecular weight is 347 g/mol. The van der Waals surface area contributed by atoms with E-state index in [9.17, 15) is 13.6 Å². The molecular formula is C13H7BrClF2NO. The fraction of sp³-hybridized carbons (Fsp3) is 0. The predicted octanol–water partition coefficient (Wildman–Crippen LogP) is 4.63. The van der Waals surface area contributed by atoms with Gasteiger partial charge >= 0.3 is 0 Å². The van der Waals surface area contributed by atoms with Gasteiger partial charge in [-0.15, -0.1) is 0 Å². The van der Waals surface area contributed by atoms with Gasteiger partial charge in [0.1, 0.15) is 11.6 Å². The highest BCUT2D eigenvalue weighted by Gasteiger charge is 2.13. The molecule has 0 unspecified atom stereocenters. The summed E-state index contributed by atoms with van der Waals surface area (Å²) in [7, 11) is 0. The summed E-state index contributed by atoms with van der Waals surface area (Å²) in [5, 5.41) is 2.58. The molecule has 0 radical (unpaired) electrons. The zero-order valence-corrected chi connectivity index (χ0v) is 11.7. The minimum Gasteiger partial charge on any atom is -0.319 e. The normalized spacial score (nSPS) is 10.3. The van der Waals surface area contributed by atoms with Gasteiger partial charge in [-0.3, -0.25) is 4.79 Å². The van der Waals surface area contributed by atoms with Gasteiger partial charge in [0.2, 0.25) is 0 Å². The van der Waals surface area contributed by atoms with Crippen molar-refractivity contribution in [3.8, 4) is 0 Å². The lowest BCUT2D eigenvalue weighted by molar-refractivity contribution is 0.102. The first kappa shape index (κ1) is 14.0. The molecule has 0 bridgehead atoms. The Morgan fingerprint density at radius 2 is 1.89 bits per heavy atom. The van der Waals surface area contributed by atoms with E-state index in [0.29, 0.717) is 4.47 Å². The van der Waals surface area contributed by atoms with Gasteiger partial charge in [0.15, 0.2) is 0 Å². The lowest BCUT2D eigenvalue weighted by atomic mass is 10.2. The van der Waals surface area contributed by atoms with Gasteiger partial charge in [-0.25, -0.2) is 8.78 Å². The van der Waals surface area contributed by atoms with Crippen molar-refractivity contribution in [3.63, 3.8) is 0 Å². The predicted molar refractivity (Wildman–Crippen MR) is 73.5 cm³/mol. The van der Waals surface area contributed by atoms with Gasteiger partial charge in [-0.2, -0.15) is 0 Å². The van der Waals surface area contributed by atoms with E-state index in [2.05, 4.69) is 21.2 Å². The van der Waals surface area contributed by atoms with Crippen molar-refractivity contribution in [2.75, 3.05) is 5.32 Å². The molecule has 0 aliphatic rings. The minimum atomic E-state index is -0.659. The fourth-order valence-corrected chi connectivity index (χ4v) is 2.04. The van der Waals surface area contributed by atoms with E-state index >= 15 is 0 Å². The Balaban J connectivity index is 2.28. The summed E-state index contributed by atoms with van der Waals surface area (Å²) in [6.45, 7) is 0. The summed E-state index contributed by atoms with van der Waals surface area (Å²) in [4.78, 5) is 11.9. The second-order valence-corrected chi connectivity index (χ2v) is 4.99. The summed E-state index contributed by atoms with van der Waals surface area (Å²) in [5.41, 5.74) is 0.0555. The van der Waals surface area contributed by atoms with Crippen LogP contribution in [0.1, 0.15) is 10.4 Å². The molecule has 1 amide bonds. The molecule has 0 atom stereocenters. The van der Waals surface area contributed by atoms with Gasteiger partial charge in [0, 0.05) is 9.50 Å². The van der Waals surface area contributed by atoms with E-state index in [0.717, 1.165) is 12.1 Å². The number of anilines is 1. The number of amides is 1. The third kappa shape index (κ3) is 3.30. The van der Waals surface area contributed by atoms with Crippen molar-refractivity contribution in [2.24, 2.45) is 0 Å². The van der Waals surface area contributed by atoms with Crippen LogP contribution < -0.4 is 5.32 Å². The molecule has 0 saturated heterocycles. The van der Waals surface area contributed by atoms with Crippen molar-refractivity contribution >= 4 is 39.1 Å². The molecule has 0 saturated carbocycles. The Labute approximate surface area is 121 Å². The summed E-state index contributed by atoms with van der Waals surface area (Å²) in [5.74, 6) is -1.83. The van der Waals surface area contributed by atoms with Crippen molar-refractivity contribution in [1.82, 2.24) is 0 Å². The zero-order chi connectivity index (χ0) is 14.0. The Bertz CT molecular complexity index is 649. The number of nitrogens with one attached hydrogen (secondary N) is 1. The second-order valence-electron chi connectivity index (χ2n) is 3.70. The summed E-state index contributed by atoms with van der Waals surface area (Å²) in [6, 6.07) is 7.54. The maximum atomic E-state index is 13.5. The van der Waals surface area contributed by atoms with E-state index in [1.165, 1.54) is 24.3 Å². The second kappa shape index (κ2) is 5.67. The van der Waals surface area contributed by atoms with Crippen LogP contribution in [-0.2, 0) is 0 Å². The number of hydrogen-bond acceptors (Lipinski definition) is 1. The molecule has 0 aromatic heterocycles. The molecule has 19 heavy (non-hydrogen) atoms. The molecule has 0 fully saturated rings. The third-order valence-electron chi connectivity index (χ3n) is 2.35. The zero-order valence-electron chi connectivity index (χ0n) is 9.38. The topological polar surface area (TPSA) is 29.1 Å². The highest BCUT2D eigenvalue weighted by atomic mass is 79.9. The van der Waals surface area contributed by atoms with Crippen molar-refractivity contribution in [3.05, 3.63) is 63.1 Å². The van der Waals surface area contributed by atoms with Crippen LogP contribution in [0.25, 0.3) is 0 Å². The largest absolute Gasteiger partial charge is 0.319 e. The number of rotatable bonds is 2. The molecule has 0 aliphatic carbocycles. The maximum Gasteiger partial charge on any atom is 0.256 e. The van der Waals surface area contributed by atoms with Crippen LogP contribution >= 0.6 is 27.5 Å². The number of carbonyl (C=O) groups excluding carboxylic acids is 1. The molecule has 0 aliphatic heterocycles. The molecule has 0 heterocycles. The maximum absolute atomic E-state index is 13.5. The lowest BCUT2D eigenvalue weighted by Gasteiger charge is -2.08. The summed E-state index contributed by atoms with van der Waals surface area (Å²) >= 11 is 8.74. The molecular weight excluding hydrogens is 340 g/mol. The smallest absolute Gasteiger partial charge is 0.256 e. The standard InChI is InChI=1S/C13H7BrClF2NO/c14-10-3-2-8(16)6-9(10)13(19)18-12-4-1-7(15)5-11(12)17/h1-6H,(H,18,19). The molecule has 2 aromatic rings. The highest BCUT2D eigenvalue weighted by molar-refractivity contribution is 9.10. The Kier molecular flexibility index (Phi) is 4.17. The SMILES string of the molecule is O=C(Nc1ccc(Cl)cc1F)c1cc(F)ccc1Br. The number of carbonyl (C=O) groups is 1.